The summed E-state index contributed by atoms with van der Waals surface area (Å²) in [5.74, 6) is 0.670. The summed E-state index contributed by atoms with van der Waals surface area (Å²) in [7, 11) is 0. The first-order valence-corrected chi connectivity index (χ1v) is 9.06. The maximum absolute atomic E-state index is 9.89. The van der Waals surface area contributed by atoms with E-state index in [0.717, 1.165) is 21.1 Å². The van der Waals surface area contributed by atoms with Crippen LogP contribution in [0.15, 0.2) is 77.7 Å². The van der Waals surface area contributed by atoms with E-state index in [2.05, 4.69) is 55.6 Å². The molecule has 4 rings (SSSR count). The van der Waals surface area contributed by atoms with E-state index in [1.165, 1.54) is 5.56 Å². The van der Waals surface area contributed by atoms with Gasteiger partial charge in [-0.25, -0.2) is 9.50 Å². The van der Waals surface area contributed by atoms with Crippen molar-refractivity contribution in [2.75, 3.05) is 11.9 Å². The summed E-state index contributed by atoms with van der Waals surface area (Å²) < 4.78 is 2.59. The van der Waals surface area contributed by atoms with Crippen molar-refractivity contribution < 1.29 is 5.11 Å². The normalized spacial score (nSPS) is 12.2. The fourth-order valence-corrected chi connectivity index (χ4v) is 3.41. The molecule has 2 aromatic carbocycles. The van der Waals surface area contributed by atoms with Crippen molar-refractivity contribution in [1.29, 1.82) is 0 Å². The molecule has 0 fully saturated rings. The van der Waals surface area contributed by atoms with Crippen LogP contribution in [0.25, 0.3) is 16.6 Å². The van der Waals surface area contributed by atoms with Gasteiger partial charge in [0.25, 0.3) is 0 Å². The second-order valence-corrected chi connectivity index (χ2v) is 6.78. The minimum absolute atomic E-state index is 0.0425. The molecule has 6 heteroatoms. The first-order chi connectivity index (χ1) is 12.8. The van der Waals surface area contributed by atoms with E-state index in [1.807, 2.05) is 30.3 Å². The van der Waals surface area contributed by atoms with Gasteiger partial charge in [0.2, 0.25) is 0 Å². The SMILES string of the molecule is OCC(Nc1nccn2ncc(Br)c12)c1ccc(-c2ccccc2)cc1. The first kappa shape index (κ1) is 16.8. The molecule has 0 amide bonds. The number of aliphatic hydroxyl groups is 1. The second kappa shape index (κ2) is 7.27. The molecule has 2 aromatic heterocycles. The van der Waals surface area contributed by atoms with Crippen molar-refractivity contribution in [2.24, 2.45) is 0 Å². The molecule has 1 atom stereocenters. The Kier molecular flexibility index (Phi) is 4.69. The van der Waals surface area contributed by atoms with Gasteiger partial charge in [-0.05, 0) is 32.6 Å². The largest absolute Gasteiger partial charge is 0.394 e. The summed E-state index contributed by atoms with van der Waals surface area (Å²) in [5, 5.41) is 17.5. The molecule has 2 heterocycles. The van der Waals surface area contributed by atoms with Gasteiger partial charge >= 0.3 is 0 Å². The van der Waals surface area contributed by atoms with Crippen LogP contribution < -0.4 is 5.32 Å². The molecule has 26 heavy (non-hydrogen) atoms. The number of rotatable bonds is 5. The van der Waals surface area contributed by atoms with E-state index in [4.69, 9.17) is 0 Å². The van der Waals surface area contributed by atoms with Crippen molar-refractivity contribution in [1.82, 2.24) is 14.6 Å². The lowest BCUT2D eigenvalue weighted by Crippen LogP contribution is -2.16. The zero-order chi connectivity index (χ0) is 17.9. The van der Waals surface area contributed by atoms with E-state index in [9.17, 15) is 5.11 Å². The molecule has 1 unspecified atom stereocenters. The van der Waals surface area contributed by atoms with Gasteiger partial charge in [-0.3, -0.25) is 0 Å². The molecule has 0 bridgehead atoms. The summed E-state index contributed by atoms with van der Waals surface area (Å²) in [5.41, 5.74) is 4.14. The van der Waals surface area contributed by atoms with Crippen LogP contribution in [0, 0.1) is 0 Å². The highest BCUT2D eigenvalue weighted by Crippen LogP contribution is 2.28. The van der Waals surface area contributed by atoms with Gasteiger partial charge in [-0.1, -0.05) is 54.6 Å². The number of benzene rings is 2. The minimum Gasteiger partial charge on any atom is -0.394 e. The van der Waals surface area contributed by atoms with E-state index in [0.29, 0.717) is 5.82 Å². The van der Waals surface area contributed by atoms with E-state index in [1.54, 1.807) is 23.1 Å². The lowest BCUT2D eigenvalue weighted by molar-refractivity contribution is 0.276. The molecule has 2 N–H and O–H groups in total. The molecular formula is C20H17BrN4O. The third-order valence-corrected chi connectivity index (χ3v) is 4.88. The number of aliphatic hydroxyl groups excluding tert-OH is 1. The van der Waals surface area contributed by atoms with Crippen LogP contribution in [-0.2, 0) is 0 Å². The summed E-state index contributed by atoms with van der Waals surface area (Å²) in [4.78, 5) is 4.41. The van der Waals surface area contributed by atoms with Gasteiger partial charge < -0.3 is 10.4 Å². The van der Waals surface area contributed by atoms with Gasteiger partial charge in [-0.15, -0.1) is 0 Å². The average Bonchev–Trinajstić information content (AvgIpc) is 3.09. The Balaban J connectivity index is 1.62. The third-order valence-electron chi connectivity index (χ3n) is 4.30. The van der Waals surface area contributed by atoms with Crippen LogP contribution in [0.1, 0.15) is 11.6 Å². The van der Waals surface area contributed by atoms with Crippen LogP contribution in [0.5, 0.6) is 0 Å². The summed E-state index contributed by atoms with van der Waals surface area (Å²) >= 11 is 3.50. The van der Waals surface area contributed by atoms with Crippen molar-refractivity contribution in [3.8, 4) is 11.1 Å². The smallest absolute Gasteiger partial charge is 0.153 e. The van der Waals surface area contributed by atoms with Crippen LogP contribution in [0.3, 0.4) is 0 Å². The molecule has 0 aliphatic rings. The van der Waals surface area contributed by atoms with Gasteiger partial charge in [0.05, 0.1) is 23.3 Å². The van der Waals surface area contributed by atoms with Gasteiger partial charge in [0.1, 0.15) is 5.52 Å². The third kappa shape index (κ3) is 3.21. The van der Waals surface area contributed by atoms with Crippen molar-refractivity contribution in [3.63, 3.8) is 0 Å². The molecule has 5 nitrogen and oxygen atoms in total. The Morgan fingerprint density at radius 2 is 1.77 bits per heavy atom. The standard InChI is InChI=1S/C20H17BrN4O/c21-17-12-23-25-11-10-22-20(19(17)25)24-18(13-26)16-8-6-15(7-9-16)14-4-2-1-3-5-14/h1-12,18,26H,13H2,(H,22,24). The Labute approximate surface area is 159 Å². The van der Waals surface area contributed by atoms with Gasteiger partial charge in [-0.2, -0.15) is 5.10 Å². The Hall–Kier alpha value is -2.70. The lowest BCUT2D eigenvalue weighted by Gasteiger charge is -2.18. The number of fused-ring (bicyclic) bond motifs is 1. The molecule has 0 aliphatic carbocycles. The molecular weight excluding hydrogens is 392 g/mol. The van der Waals surface area contributed by atoms with Crippen molar-refractivity contribution in [2.45, 2.75) is 6.04 Å². The number of hydrogen-bond acceptors (Lipinski definition) is 4. The molecule has 0 saturated heterocycles. The minimum atomic E-state index is -0.264. The zero-order valence-corrected chi connectivity index (χ0v) is 15.5. The molecule has 0 saturated carbocycles. The highest BCUT2D eigenvalue weighted by atomic mass is 79.9. The predicted molar refractivity (Wildman–Crippen MR) is 106 cm³/mol. The monoisotopic (exact) mass is 408 g/mol. The Morgan fingerprint density at radius 3 is 2.50 bits per heavy atom. The number of nitrogens with zero attached hydrogens (tertiary/aromatic N) is 3. The lowest BCUT2D eigenvalue weighted by atomic mass is 10.0. The average molecular weight is 409 g/mol. The molecule has 4 aromatic rings. The zero-order valence-electron chi connectivity index (χ0n) is 13.9. The quantitative estimate of drug-likeness (QED) is 0.516. The number of nitrogens with one attached hydrogen (secondary N) is 1. The van der Waals surface area contributed by atoms with Crippen LogP contribution in [0.4, 0.5) is 5.82 Å². The Morgan fingerprint density at radius 1 is 1.04 bits per heavy atom. The number of aromatic nitrogens is 3. The maximum Gasteiger partial charge on any atom is 0.153 e. The fourth-order valence-electron chi connectivity index (χ4n) is 2.95. The molecule has 130 valence electrons. The highest BCUT2D eigenvalue weighted by Gasteiger charge is 2.15. The second-order valence-electron chi connectivity index (χ2n) is 5.93. The predicted octanol–water partition coefficient (Wildman–Crippen LogP) is 4.30. The number of anilines is 1. The van der Waals surface area contributed by atoms with Crippen LogP contribution in [0.2, 0.25) is 0 Å². The molecule has 0 aliphatic heterocycles. The summed E-state index contributed by atoms with van der Waals surface area (Å²) in [6, 6.07) is 18.1. The number of hydrogen-bond donors (Lipinski definition) is 2. The van der Waals surface area contributed by atoms with E-state index >= 15 is 0 Å². The van der Waals surface area contributed by atoms with Crippen molar-refractivity contribution >= 4 is 27.3 Å². The van der Waals surface area contributed by atoms with E-state index in [-0.39, 0.29) is 12.6 Å². The summed E-state index contributed by atoms with van der Waals surface area (Å²) in [6.45, 7) is -0.0425. The topological polar surface area (TPSA) is 62.5 Å². The van der Waals surface area contributed by atoms with E-state index < -0.39 is 0 Å². The number of halogens is 1. The molecule has 0 radical (unpaired) electrons. The fraction of sp³-hybridized carbons (Fsp3) is 0.100. The molecule has 0 spiro atoms. The maximum atomic E-state index is 9.89. The highest BCUT2D eigenvalue weighted by molar-refractivity contribution is 9.10. The van der Waals surface area contributed by atoms with Crippen LogP contribution >= 0.6 is 15.9 Å². The first-order valence-electron chi connectivity index (χ1n) is 8.27. The Bertz CT molecular complexity index is 1020. The summed E-state index contributed by atoms with van der Waals surface area (Å²) in [6.07, 6.45) is 5.19. The van der Waals surface area contributed by atoms with Crippen molar-refractivity contribution in [3.05, 3.63) is 83.2 Å². The van der Waals surface area contributed by atoms with Gasteiger partial charge in [0.15, 0.2) is 5.82 Å². The van der Waals surface area contributed by atoms with Gasteiger partial charge in [0, 0.05) is 12.4 Å². The van der Waals surface area contributed by atoms with Crippen LogP contribution in [-0.4, -0.2) is 26.3 Å².